The molecule has 0 radical (unpaired) electrons. The highest BCUT2D eigenvalue weighted by Crippen LogP contribution is 2.25. The molecule has 1 aliphatic heterocycles. The van der Waals surface area contributed by atoms with Crippen molar-refractivity contribution in [3.05, 3.63) is 106 Å². The maximum atomic E-state index is 13.2. The summed E-state index contributed by atoms with van der Waals surface area (Å²) in [5.74, 6) is -1.20. The van der Waals surface area contributed by atoms with Gasteiger partial charge in [-0.05, 0) is 48.5 Å². The number of nitrogens with one attached hydrogen (secondary N) is 2. The molecule has 0 saturated carbocycles. The Morgan fingerprint density at radius 2 is 1.67 bits per heavy atom. The smallest absolute Gasteiger partial charge is 0.304 e. The van der Waals surface area contributed by atoms with Crippen LogP contribution in [0.15, 0.2) is 83.3 Å². The van der Waals surface area contributed by atoms with Gasteiger partial charge in [0.25, 0.3) is 5.91 Å². The van der Waals surface area contributed by atoms with E-state index in [0.717, 1.165) is 15.6 Å². The van der Waals surface area contributed by atoms with E-state index in [-0.39, 0.29) is 11.5 Å². The number of halogens is 2. The Morgan fingerprint density at radius 1 is 1.00 bits per heavy atom. The molecule has 0 bridgehead atoms. The Labute approximate surface area is 181 Å². The van der Waals surface area contributed by atoms with Crippen LogP contribution in [0.2, 0.25) is 0 Å². The lowest BCUT2D eigenvalue weighted by Crippen LogP contribution is -2.42. The average Bonchev–Trinajstić information content (AvgIpc) is 3.05. The van der Waals surface area contributed by atoms with Crippen molar-refractivity contribution in [1.29, 1.82) is 0 Å². The minimum Gasteiger partial charge on any atom is -0.334 e. The molecular formula is C23H18BrFN3O2+. The van der Waals surface area contributed by atoms with Gasteiger partial charge < -0.3 is 5.32 Å². The fraction of sp³-hybridized carbons (Fsp3) is 0.0870. The number of carbonyl (C=O) groups is 2. The van der Waals surface area contributed by atoms with Gasteiger partial charge in [-0.1, -0.05) is 46.3 Å². The summed E-state index contributed by atoms with van der Waals surface area (Å²) >= 11 is 3.41. The molecule has 1 fully saturated rings. The lowest BCUT2D eigenvalue weighted by molar-refractivity contribution is -0.596. The minimum atomic E-state index is -0.823. The van der Waals surface area contributed by atoms with E-state index in [4.69, 9.17) is 0 Å². The predicted molar refractivity (Wildman–Crippen MR) is 115 cm³/mol. The van der Waals surface area contributed by atoms with Gasteiger partial charge in [-0.2, -0.15) is 0 Å². The second-order valence-electron chi connectivity index (χ2n) is 6.88. The number of hydrazine groups is 1. The zero-order valence-electron chi connectivity index (χ0n) is 15.8. The van der Waals surface area contributed by atoms with Crippen LogP contribution in [-0.4, -0.2) is 28.8 Å². The number of benzene rings is 3. The van der Waals surface area contributed by atoms with E-state index < -0.39 is 23.8 Å². The van der Waals surface area contributed by atoms with Crippen molar-refractivity contribution in [2.24, 2.45) is 0 Å². The summed E-state index contributed by atoms with van der Waals surface area (Å²) in [4.78, 5) is 25.5. The fourth-order valence-electron chi connectivity index (χ4n) is 3.37. The van der Waals surface area contributed by atoms with E-state index in [9.17, 15) is 14.0 Å². The normalized spacial score (nSPS) is 19.5. The van der Waals surface area contributed by atoms with Crippen LogP contribution in [0.25, 0.3) is 0 Å². The van der Waals surface area contributed by atoms with Crippen LogP contribution >= 0.6 is 15.9 Å². The molecule has 3 aromatic rings. The largest absolute Gasteiger partial charge is 0.334 e. The first-order chi connectivity index (χ1) is 14.5. The van der Waals surface area contributed by atoms with Crippen molar-refractivity contribution in [3.8, 4) is 0 Å². The van der Waals surface area contributed by atoms with E-state index >= 15 is 0 Å². The molecule has 3 aromatic carbocycles. The lowest BCUT2D eigenvalue weighted by Gasteiger charge is -2.14. The van der Waals surface area contributed by atoms with Gasteiger partial charge in [0.1, 0.15) is 5.82 Å². The minimum absolute atomic E-state index is 0.284. The maximum absolute atomic E-state index is 13.2. The van der Waals surface area contributed by atoms with Gasteiger partial charge in [0, 0.05) is 21.2 Å². The van der Waals surface area contributed by atoms with Crippen LogP contribution in [0.1, 0.15) is 27.5 Å². The van der Waals surface area contributed by atoms with Crippen LogP contribution in [0.4, 0.5) is 4.39 Å². The van der Waals surface area contributed by atoms with Crippen molar-refractivity contribution >= 4 is 34.0 Å². The molecule has 30 heavy (non-hydrogen) atoms. The molecule has 0 spiro atoms. The predicted octanol–water partition coefficient (Wildman–Crippen LogP) is 3.60. The Morgan fingerprint density at radius 3 is 2.33 bits per heavy atom. The highest BCUT2D eigenvalue weighted by molar-refractivity contribution is 9.10. The Kier molecular flexibility index (Phi) is 5.72. The first-order valence-electron chi connectivity index (χ1n) is 9.32. The fourth-order valence-corrected chi connectivity index (χ4v) is 3.63. The van der Waals surface area contributed by atoms with E-state index in [1.54, 1.807) is 4.68 Å². The molecule has 4 rings (SSSR count). The molecule has 5 nitrogen and oxygen atoms in total. The molecule has 1 aliphatic rings. The maximum Gasteiger partial charge on any atom is 0.304 e. The number of amides is 2. The highest BCUT2D eigenvalue weighted by atomic mass is 79.9. The van der Waals surface area contributed by atoms with Gasteiger partial charge in [0.15, 0.2) is 6.04 Å². The first kappa shape index (κ1) is 20.0. The van der Waals surface area contributed by atoms with Crippen molar-refractivity contribution < 1.29 is 18.7 Å². The van der Waals surface area contributed by atoms with E-state index in [1.165, 1.54) is 24.3 Å². The summed E-state index contributed by atoms with van der Waals surface area (Å²) in [7, 11) is 0. The lowest BCUT2D eigenvalue weighted by atomic mass is 10.00. The van der Waals surface area contributed by atoms with E-state index in [1.807, 2.05) is 60.8 Å². The van der Waals surface area contributed by atoms with Gasteiger partial charge in [-0.25, -0.2) is 4.39 Å². The van der Waals surface area contributed by atoms with Crippen molar-refractivity contribution in [3.63, 3.8) is 0 Å². The van der Waals surface area contributed by atoms with Gasteiger partial charge in [-0.3, -0.25) is 9.59 Å². The van der Waals surface area contributed by atoms with Crippen molar-refractivity contribution in [2.75, 3.05) is 0 Å². The third-order valence-corrected chi connectivity index (χ3v) is 5.36. The standard InChI is InChI=1S/C23H17BrFN3O2/c24-18-10-6-15(7-11-18)14-28-21(16-4-2-1-3-5-16)20(23(30)27-28)26-22(29)17-8-12-19(25)13-9-17/h1-14,20-21H,(H-,26,27,29,30)/p+1/b28-14-/t20-,21+/m1/s1. The van der Waals surface area contributed by atoms with Crippen LogP contribution in [-0.2, 0) is 4.79 Å². The molecule has 2 N–H and O–H groups in total. The van der Waals surface area contributed by atoms with Gasteiger partial charge in [0.05, 0.1) is 0 Å². The second-order valence-corrected chi connectivity index (χ2v) is 7.79. The second kappa shape index (κ2) is 8.59. The van der Waals surface area contributed by atoms with Crippen LogP contribution < -0.4 is 10.7 Å². The van der Waals surface area contributed by atoms with E-state index in [2.05, 4.69) is 26.7 Å². The molecule has 0 unspecified atom stereocenters. The topological polar surface area (TPSA) is 61.2 Å². The molecule has 1 saturated heterocycles. The summed E-state index contributed by atoms with van der Waals surface area (Å²) in [6, 6.07) is 21.1. The molecular weight excluding hydrogens is 449 g/mol. The molecule has 0 aromatic heterocycles. The number of rotatable bonds is 4. The molecule has 2 atom stereocenters. The van der Waals surface area contributed by atoms with E-state index in [0.29, 0.717) is 0 Å². The summed E-state index contributed by atoms with van der Waals surface area (Å²) in [6.45, 7) is 0. The summed E-state index contributed by atoms with van der Waals surface area (Å²) in [6.07, 6.45) is 1.83. The molecule has 1 heterocycles. The summed E-state index contributed by atoms with van der Waals surface area (Å²) < 4.78 is 15.8. The monoisotopic (exact) mass is 466 g/mol. The van der Waals surface area contributed by atoms with Crippen LogP contribution in [0.3, 0.4) is 0 Å². The zero-order valence-corrected chi connectivity index (χ0v) is 17.3. The number of nitrogens with zero attached hydrogens (tertiary/aromatic N) is 1. The number of hydrazone groups is 1. The SMILES string of the molecule is O=C(N[C@H]1C(=O)N/[N+](=C\c2ccc(Br)cc2)[C@H]1c1ccccc1)c1ccc(F)cc1. The summed E-state index contributed by atoms with van der Waals surface area (Å²) in [5.41, 5.74) is 4.88. The van der Waals surface area contributed by atoms with Crippen molar-refractivity contribution in [2.45, 2.75) is 12.1 Å². The molecule has 0 aliphatic carbocycles. The molecule has 150 valence electrons. The molecule has 2 amide bonds. The number of hydrogen-bond donors (Lipinski definition) is 2. The van der Waals surface area contributed by atoms with Gasteiger partial charge >= 0.3 is 5.91 Å². The first-order valence-corrected chi connectivity index (χ1v) is 10.1. The highest BCUT2D eigenvalue weighted by Gasteiger charge is 2.47. The average molecular weight is 467 g/mol. The summed E-state index contributed by atoms with van der Waals surface area (Å²) in [5, 5.41) is 2.80. The van der Waals surface area contributed by atoms with Crippen LogP contribution in [0.5, 0.6) is 0 Å². The van der Waals surface area contributed by atoms with Gasteiger partial charge in [0.2, 0.25) is 12.3 Å². The number of carbonyl (C=O) groups excluding carboxylic acids is 2. The third kappa shape index (κ3) is 4.31. The quantitative estimate of drug-likeness (QED) is 0.577. The van der Waals surface area contributed by atoms with Crippen molar-refractivity contribution in [1.82, 2.24) is 10.7 Å². The third-order valence-electron chi connectivity index (χ3n) is 4.83. The van der Waals surface area contributed by atoms with Gasteiger partial charge in [-0.15, -0.1) is 10.1 Å². The Bertz CT molecular complexity index is 1100. The zero-order chi connectivity index (χ0) is 21.1. The molecule has 7 heteroatoms. The Hall–Kier alpha value is -3.32. The number of hydrogen-bond acceptors (Lipinski definition) is 2. The van der Waals surface area contributed by atoms with Crippen LogP contribution in [0, 0.1) is 5.82 Å². The Balaban J connectivity index is 1.68.